The number of rotatable bonds is 11. The van der Waals surface area contributed by atoms with Gasteiger partial charge in [0.05, 0.1) is 19.2 Å². The number of anilines is 1. The average molecular weight is 532 g/mol. The standard InChI is InChI=1S/C31H37N3O5/c1-21-9-5-13-27(22(21)2)39-16-8-14-29(36)34-15-7-11-25-24(10-6-12-26(25)34)23-18-32-33(19-23)20-28(35)31(3,4)17-30(37)38/h5-6,9-10,12-13,18-19H,7-8,11,14-17,20H2,1-4H3,(H,37,38). The van der Waals surface area contributed by atoms with E-state index in [1.807, 2.05) is 48.4 Å². The summed E-state index contributed by atoms with van der Waals surface area (Å²) in [5.74, 6) is -0.242. The topological polar surface area (TPSA) is 102 Å². The number of carboxylic acids is 1. The van der Waals surface area contributed by atoms with Crippen LogP contribution in [0, 0.1) is 19.3 Å². The second kappa shape index (κ2) is 11.8. The number of benzene rings is 2. The molecular weight excluding hydrogens is 494 g/mol. The zero-order chi connectivity index (χ0) is 28.2. The number of aryl methyl sites for hydroxylation is 1. The molecular formula is C31H37N3O5. The van der Waals surface area contributed by atoms with Crippen LogP contribution in [0.15, 0.2) is 48.8 Å². The lowest BCUT2D eigenvalue weighted by Crippen LogP contribution is -2.35. The number of ketones is 1. The van der Waals surface area contributed by atoms with Crippen LogP contribution in [0.5, 0.6) is 5.75 Å². The number of aliphatic carboxylic acids is 1. The Morgan fingerprint density at radius 3 is 2.64 bits per heavy atom. The SMILES string of the molecule is Cc1cccc(OCCCC(=O)N2CCCc3c(-c4cnn(CC(=O)C(C)(C)CC(=O)O)c4)cccc32)c1C. The van der Waals surface area contributed by atoms with Crippen molar-refractivity contribution >= 4 is 23.3 Å². The van der Waals surface area contributed by atoms with E-state index in [0.29, 0.717) is 26.0 Å². The van der Waals surface area contributed by atoms with Crippen molar-refractivity contribution in [1.82, 2.24) is 9.78 Å². The second-order valence-corrected chi connectivity index (χ2v) is 10.9. The van der Waals surface area contributed by atoms with Gasteiger partial charge in [-0.3, -0.25) is 19.1 Å². The van der Waals surface area contributed by atoms with Crippen molar-refractivity contribution in [1.29, 1.82) is 0 Å². The summed E-state index contributed by atoms with van der Waals surface area (Å²) in [7, 11) is 0. The fourth-order valence-electron chi connectivity index (χ4n) is 5.00. The third-order valence-corrected chi connectivity index (χ3v) is 7.50. The van der Waals surface area contributed by atoms with Crippen LogP contribution in [0.2, 0.25) is 0 Å². The lowest BCUT2D eigenvalue weighted by Gasteiger charge is -2.31. The van der Waals surface area contributed by atoms with E-state index in [2.05, 4.69) is 18.1 Å². The number of carbonyl (C=O) groups is 3. The van der Waals surface area contributed by atoms with Crippen LogP contribution >= 0.6 is 0 Å². The van der Waals surface area contributed by atoms with Crippen molar-refractivity contribution in [2.75, 3.05) is 18.1 Å². The Kier molecular flexibility index (Phi) is 8.53. The van der Waals surface area contributed by atoms with E-state index in [1.165, 1.54) is 5.56 Å². The van der Waals surface area contributed by atoms with E-state index in [-0.39, 0.29) is 24.7 Å². The van der Waals surface area contributed by atoms with E-state index in [4.69, 9.17) is 9.84 Å². The first-order valence-corrected chi connectivity index (χ1v) is 13.5. The molecule has 0 saturated heterocycles. The van der Waals surface area contributed by atoms with Gasteiger partial charge in [0.1, 0.15) is 12.3 Å². The van der Waals surface area contributed by atoms with Crippen LogP contribution in [0.3, 0.4) is 0 Å². The Morgan fingerprint density at radius 1 is 1.10 bits per heavy atom. The summed E-state index contributed by atoms with van der Waals surface area (Å²) in [6, 6.07) is 11.9. The highest BCUT2D eigenvalue weighted by molar-refractivity contribution is 5.96. The molecule has 2 heterocycles. The Labute approximate surface area is 229 Å². The highest BCUT2D eigenvalue weighted by Crippen LogP contribution is 2.36. The number of nitrogens with zero attached hydrogens (tertiary/aromatic N) is 3. The molecule has 3 aromatic rings. The first-order chi connectivity index (χ1) is 18.6. The molecule has 0 aliphatic carbocycles. The summed E-state index contributed by atoms with van der Waals surface area (Å²) < 4.78 is 7.50. The molecule has 0 radical (unpaired) electrons. The van der Waals surface area contributed by atoms with Crippen molar-refractivity contribution in [3.63, 3.8) is 0 Å². The van der Waals surface area contributed by atoms with Gasteiger partial charge in [-0.25, -0.2) is 0 Å². The first-order valence-electron chi connectivity index (χ1n) is 13.5. The van der Waals surface area contributed by atoms with Crippen molar-refractivity contribution in [2.24, 2.45) is 5.41 Å². The average Bonchev–Trinajstić information content (AvgIpc) is 3.35. The van der Waals surface area contributed by atoms with Gasteiger partial charge in [0, 0.05) is 35.8 Å². The fourth-order valence-corrected chi connectivity index (χ4v) is 5.00. The quantitative estimate of drug-likeness (QED) is 0.334. The van der Waals surface area contributed by atoms with Gasteiger partial charge in [-0.1, -0.05) is 38.1 Å². The lowest BCUT2D eigenvalue weighted by molar-refractivity contribution is -0.143. The van der Waals surface area contributed by atoms with E-state index < -0.39 is 11.4 Å². The molecule has 0 fully saturated rings. The molecule has 0 saturated carbocycles. The van der Waals surface area contributed by atoms with Gasteiger partial charge < -0.3 is 14.7 Å². The minimum absolute atomic E-state index is 0.00403. The number of carboxylic acid groups (broad SMARTS) is 1. The molecule has 39 heavy (non-hydrogen) atoms. The molecule has 1 aliphatic rings. The third kappa shape index (κ3) is 6.56. The summed E-state index contributed by atoms with van der Waals surface area (Å²) in [6.45, 7) is 8.55. The Hall–Kier alpha value is -3.94. The molecule has 0 atom stereocenters. The molecule has 1 N–H and O–H groups in total. The molecule has 1 amide bonds. The number of hydrogen-bond acceptors (Lipinski definition) is 5. The molecule has 8 heteroatoms. The van der Waals surface area contributed by atoms with Gasteiger partial charge in [0.2, 0.25) is 5.91 Å². The monoisotopic (exact) mass is 531 g/mol. The van der Waals surface area contributed by atoms with Gasteiger partial charge in [0.25, 0.3) is 0 Å². The second-order valence-electron chi connectivity index (χ2n) is 10.9. The molecule has 0 bridgehead atoms. The van der Waals surface area contributed by atoms with E-state index >= 15 is 0 Å². The number of amides is 1. The number of aromatic nitrogens is 2. The lowest BCUT2D eigenvalue weighted by atomic mass is 9.84. The highest BCUT2D eigenvalue weighted by Gasteiger charge is 2.31. The van der Waals surface area contributed by atoms with Crippen LogP contribution in [-0.2, 0) is 27.3 Å². The van der Waals surface area contributed by atoms with Crippen LogP contribution in [0.4, 0.5) is 5.69 Å². The number of carbonyl (C=O) groups excluding carboxylic acids is 2. The number of Topliss-reactive ketones (excluding diaryl/α,β-unsaturated/α-hetero) is 1. The minimum Gasteiger partial charge on any atom is -0.493 e. The minimum atomic E-state index is -1.00. The molecule has 206 valence electrons. The molecule has 1 aromatic heterocycles. The van der Waals surface area contributed by atoms with Crippen molar-refractivity contribution in [3.8, 4) is 16.9 Å². The molecule has 8 nitrogen and oxygen atoms in total. The molecule has 0 spiro atoms. The van der Waals surface area contributed by atoms with E-state index in [0.717, 1.165) is 46.5 Å². The third-order valence-electron chi connectivity index (χ3n) is 7.50. The summed E-state index contributed by atoms with van der Waals surface area (Å²) in [4.78, 5) is 38.9. The van der Waals surface area contributed by atoms with Crippen LogP contribution in [-0.4, -0.2) is 45.7 Å². The van der Waals surface area contributed by atoms with Gasteiger partial charge in [0.15, 0.2) is 5.78 Å². The number of hydrogen-bond donors (Lipinski definition) is 1. The smallest absolute Gasteiger partial charge is 0.304 e. The maximum atomic E-state index is 13.2. The largest absolute Gasteiger partial charge is 0.493 e. The van der Waals surface area contributed by atoms with Crippen LogP contribution in [0.25, 0.3) is 11.1 Å². The predicted octanol–water partition coefficient (Wildman–Crippen LogP) is 5.38. The maximum absolute atomic E-state index is 13.2. The Morgan fingerprint density at radius 2 is 1.87 bits per heavy atom. The van der Waals surface area contributed by atoms with Gasteiger partial charge in [-0.05, 0) is 67.5 Å². The van der Waals surface area contributed by atoms with E-state index in [1.54, 1.807) is 24.7 Å². The van der Waals surface area contributed by atoms with Gasteiger partial charge in [-0.15, -0.1) is 0 Å². The van der Waals surface area contributed by atoms with Crippen molar-refractivity contribution < 1.29 is 24.2 Å². The normalized spacial score (nSPS) is 13.2. The van der Waals surface area contributed by atoms with E-state index in [9.17, 15) is 14.4 Å². The summed E-state index contributed by atoms with van der Waals surface area (Å²) in [5.41, 5.74) is 5.21. The summed E-state index contributed by atoms with van der Waals surface area (Å²) in [5, 5.41) is 13.5. The first kappa shape index (κ1) is 28.1. The van der Waals surface area contributed by atoms with Gasteiger partial charge in [-0.2, -0.15) is 5.10 Å². The van der Waals surface area contributed by atoms with Gasteiger partial charge >= 0.3 is 5.97 Å². The molecule has 0 unspecified atom stereocenters. The van der Waals surface area contributed by atoms with Crippen molar-refractivity contribution in [3.05, 3.63) is 65.5 Å². The van der Waals surface area contributed by atoms with Crippen LogP contribution in [0.1, 0.15) is 56.2 Å². The fraction of sp³-hybridized carbons (Fsp3) is 0.419. The number of ether oxygens (including phenoxy) is 1. The summed E-state index contributed by atoms with van der Waals surface area (Å²) in [6.07, 6.45) is 6.06. The Bertz CT molecular complexity index is 1370. The zero-order valence-corrected chi connectivity index (χ0v) is 23.2. The predicted molar refractivity (Wildman–Crippen MR) is 150 cm³/mol. The Balaban J connectivity index is 1.42. The molecule has 4 rings (SSSR count). The maximum Gasteiger partial charge on any atom is 0.304 e. The summed E-state index contributed by atoms with van der Waals surface area (Å²) >= 11 is 0. The van der Waals surface area contributed by atoms with Crippen molar-refractivity contribution in [2.45, 2.75) is 66.3 Å². The number of fused-ring (bicyclic) bond motifs is 1. The zero-order valence-electron chi connectivity index (χ0n) is 23.2. The van der Waals surface area contributed by atoms with Crippen LogP contribution < -0.4 is 9.64 Å². The molecule has 2 aromatic carbocycles. The highest BCUT2D eigenvalue weighted by atomic mass is 16.5. The molecule has 1 aliphatic heterocycles.